The fraction of sp³-hybridized carbons (Fsp3) is 0.273. The Bertz CT molecular complexity index is 602. The number of aromatic nitrogens is 3. The molecule has 0 saturated carbocycles. The highest BCUT2D eigenvalue weighted by molar-refractivity contribution is 7.18. The Morgan fingerprint density at radius 1 is 1.53 bits per heavy atom. The predicted octanol–water partition coefficient (Wildman–Crippen LogP) is 2.29. The standard InChI is InChI=1S/C11H11ClN4O2S/c1-6-13-4-3-7(15-6)5-14-11-16-9(12)8(19-11)10(17)18-2/h3-4H,5H2,1-2H3,(H,14,16). The summed E-state index contributed by atoms with van der Waals surface area (Å²) in [5, 5.41) is 3.73. The smallest absolute Gasteiger partial charge is 0.351 e. The normalized spacial score (nSPS) is 10.3. The lowest BCUT2D eigenvalue weighted by molar-refractivity contribution is 0.0606. The van der Waals surface area contributed by atoms with Crippen LogP contribution in [0.2, 0.25) is 5.15 Å². The van der Waals surface area contributed by atoms with E-state index in [0.717, 1.165) is 17.0 Å². The molecule has 0 fully saturated rings. The number of nitrogens with zero attached hydrogens (tertiary/aromatic N) is 3. The first-order valence-electron chi connectivity index (χ1n) is 5.37. The average molecular weight is 299 g/mol. The van der Waals surface area contributed by atoms with E-state index in [4.69, 9.17) is 11.6 Å². The maximum atomic E-state index is 11.4. The fourth-order valence-electron chi connectivity index (χ4n) is 1.37. The van der Waals surface area contributed by atoms with E-state index in [1.54, 1.807) is 12.3 Å². The van der Waals surface area contributed by atoms with E-state index in [1.165, 1.54) is 7.11 Å². The largest absolute Gasteiger partial charge is 0.465 e. The van der Waals surface area contributed by atoms with Crippen molar-refractivity contribution in [2.75, 3.05) is 12.4 Å². The number of aryl methyl sites for hydroxylation is 1. The number of esters is 1. The van der Waals surface area contributed by atoms with Crippen LogP contribution in [0.5, 0.6) is 0 Å². The zero-order valence-electron chi connectivity index (χ0n) is 10.3. The summed E-state index contributed by atoms with van der Waals surface area (Å²) in [5.41, 5.74) is 0.832. The van der Waals surface area contributed by atoms with Crippen molar-refractivity contribution in [3.05, 3.63) is 33.8 Å². The molecule has 100 valence electrons. The minimum absolute atomic E-state index is 0.137. The first-order chi connectivity index (χ1) is 9.10. The third kappa shape index (κ3) is 3.39. The molecular weight excluding hydrogens is 288 g/mol. The number of rotatable bonds is 4. The van der Waals surface area contributed by atoms with Crippen LogP contribution in [-0.2, 0) is 11.3 Å². The summed E-state index contributed by atoms with van der Waals surface area (Å²) in [5.74, 6) is 0.208. The molecule has 6 nitrogen and oxygen atoms in total. The summed E-state index contributed by atoms with van der Waals surface area (Å²) in [7, 11) is 1.30. The van der Waals surface area contributed by atoms with E-state index in [0.29, 0.717) is 17.5 Å². The molecular formula is C11H11ClN4O2S. The zero-order valence-corrected chi connectivity index (χ0v) is 11.9. The number of halogens is 1. The molecule has 2 aromatic rings. The first kappa shape index (κ1) is 13.7. The summed E-state index contributed by atoms with van der Waals surface area (Å²) in [6.45, 7) is 2.30. The van der Waals surface area contributed by atoms with E-state index in [1.807, 2.05) is 6.92 Å². The molecule has 0 aliphatic heterocycles. The summed E-state index contributed by atoms with van der Waals surface area (Å²) < 4.78 is 4.61. The Labute approximate surface area is 118 Å². The van der Waals surface area contributed by atoms with Crippen molar-refractivity contribution in [3.8, 4) is 0 Å². The van der Waals surface area contributed by atoms with Crippen molar-refractivity contribution in [1.82, 2.24) is 15.0 Å². The van der Waals surface area contributed by atoms with Gasteiger partial charge in [-0.1, -0.05) is 22.9 Å². The van der Waals surface area contributed by atoms with Gasteiger partial charge in [-0.25, -0.2) is 19.7 Å². The molecule has 2 rings (SSSR count). The third-order valence-corrected chi connectivity index (χ3v) is 3.59. The Morgan fingerprint density at radius 2 is 2.32 bits per heavy atom. The van der Waals surface area contributed by atoms with Gasteiger partial charge in [-0.15, -0.1) is 0 Å². The Hall–Kier alpha value is -1.73. The van der Waals surface area contributed by atoms with Gasteiger partial charge in [-0.2, -0.15) is 0 Å². The van der Waals surface area contributed by atoms with Crippen LogP contribution >= 0.6 is 22.9 Å². The van der Waals surface area contributed by atoms with E-state index in [-0.39, 0.29) is 10.0 Å². The topological polar surface area (TPSA) is 77.0 Å². The van der Waals surface area contributed by atoms with Gasteiger partial charge >= 0.3 is 5.97 Å². The van der Waals surface area contributed by atoms with E-state index < -0.39 is 5.97 Å². The monoisotopic (exact) mass is 298 g/mol. The fourth-order valence-corrected chi connectivity index (χ4v) is 2.46. The van der Waals surface area contributed by atoms with Crippen molar-refractivity contribution in [3.63, 3.8) is 0 Å². The van der Waals surface area contributed by atoms with Crippen molar-refractivity contribution < 1.29 is 9.53 Å². The number of hydrogen-bond donors (Lipinski definition) is 1. The summed E-state index contributed by atoms with van der Waals surface area (Å²) in [4.78, 5) is 24.0. The molecule has 0 saturated heterocycles. The van der Waals surface area contributed by atoms with Gasteiger partial charge in [0.15, 0.2) is 15.2 Å². The molecule has 0 aliphatic carbocycles. The molecule has 2 heterocycles. The van der Waals surface area contributed by atoms with Crippen LogP contribution in [0.1, 0.15) is 21.2 Å². The van der Waals surface area contributed by atoms with Gasteiger partial charge in [0.25, 0.3) is 0 Å². The quantitative estimate of drug-likeness (QED) is 0.873. The van der Waals surface area contributed by atoms with Crippen molar-refractivity contribution >= 4 is 34.0 Å². The number of nitrogens with one attached hydrogen (secondary N) is 1. The second-order valence-corrected chi connectivity index (χ2v) is 4.94. The lowest BCUT2D eigenvalue weighted by Crippen LogP contribution is -2.02. The SMILES string of the molecule is COC(=O)c1sc(NCc2ccnc(C)n2)nc1Cl. The highest BCUT2D eigenvalue weighted by Gasteiger charge is 2.17. The van der Waals surface area contributed by atoms with E-state index >= 15 is 0 Å². The summed E-state index contributed by atoms with van der Waals surface area (Å²) in [6, 6.07) is 1.80. The molecule has 0 unspecified atom stereocenters. The summed E-state index contributed by atoms with van der Waals surface area (Å²) >= 11 is 7.00. The van der Waals surface area contributed by atoms with Crippen LogP contribution in [0.3, 0.4) is 0 Å². The predicted molar refractivity (Wildman–Crippen MR) is 72.6 cm³/mol. The van der Waals surface area contributed by atoms with Crippen molar-refractivity contribution in [2.45, 2.75) is 13.5 Å². The van der Waals surface area contributed by atoms with Gasteiger partial charge in [0.1, 0.15) is 5.82 Å². The summed E-state index contributed by atoms with van der Waals surface area (Å²) in [6.07, 6.45) is 1.69. The van der Waals surface area contributed by atoms with Crippen molar-refractivity contribution in [2.24, 2.45) is 0 Å². The molecule has 0 bridgehead atoms. The van der Waals surface area contributed by atoms with Crippen LogP contribution in [0.4, 0.5) is 5.13 Å². The Balaban J connectivity index is 2.06. The zero-order chi connectivity index (χ0) is 13.8. The highest BCUT2D eigenvalue weighted by Crippen LogP contribution is 2.27. The number of anilines is 1. The molecule has 0 radical (unpaired) electrons. The van der Waals surface area contributed by atoms with Crippen LogP contribution in [0.15, 0.2) is 12.3 Å². The molecule has 0 atom stereocenters. The molecule has 0 aliphatic rings. The van der Waals surface area contributed by atoms with Gasteiger partial charge in [0.05, 0.1) is 19.3 Å². The van der Waals surface area contributed by atoms with E-state index in [2.05, 4.69) is 25.0 Å². The second-order valence-electron chi connectivity index (χ2n) is 3.58. The Morgan fingerprint density at radius 3 is 3.00 bits per heavy atom. The molecule has 2 aromatic heterocycles. The number of ether oxygens (including phenoxy) is 1. The Kier molecular flexibility index (Phi) is 4.28. The van der Waals surface area contributed by atoms with Crippen LogP contribution in [0.25, 0.3) is 0 Å². The lowest BCUT2D eigenvalue weighted by atomic mass is 10.4. The molecule has 0 amide bonds. The minimum atomic E-state index is -0.492. The molecule has 8 heteroatoms. The molecule has 19 heavy (non-hydrogen) atoms. The number of carbonyl (C=O) groups excluding carboxylic acids is 1. The third-order valence-electron chi connectivity index (χ3n) is 2.21. The van der Waals surface area contributed by atoms with E-state index in [9.17, 15) is 4.79 Å². The van der Waals surface area contributed by atoms with Crippen LogP contribution in [0, 0.1) is 6.92 Å². The first-order valence-corrected chi connectivity index (χ1v) is 6.56. The van der Waals surface area contributed by atoms with Gasteiger partial charge in [0.2, 0.25) is 0 Å². The maximum absolute atomic E-state index is 11.4. The maximum Gasteiger partial charge on any atom is 0.351 e. The highest BCUT2D eigenvalue weighted by atomic mass is 35.5. The number of hydrogen-bond acceptors (Lipinski definition) is 7. The number of methoxy groups -OCH3 is 1. The lowest BCUT2D eigenvalue weighted by Gasteiger charge is -2.02. The second kappa shape index (κ2) is 5.94. The van der Waals surface area contributed by atoms with Gasteiger partial charge in [0, 0.05) is 6.20 Å². The van der Waals surface area contributed by atoms with Crippen LogP contribution in [-0.4, -0.2) is 28.0 Å². The number of thiazole rings is 1. The van der Waals surface area contributed by atoms with Crippen molar-refractivity contribution in [1.29, 1.82) is 0 Å². The molecule has 1 N–H and O–H groups in total. The number of carbonyl (C=O) groups is 1. The van der Waals surface area contributed by atoms with Gasteiger partial charge < -0.3 is 10.1 Å². The average Bonchev–Trinajstić information content (AvgIpc) is 2.77. The van der Waals surface area contributed by atoms with Crippen LogP contribution < -0.4 is 5.32 Å². The minimum Gasteiger partial charge on any atom is -0.465 e. The van der Waals surface area contributed by atoms with Gasteiger partial charge in [-0.05, 0) is 13.0 Å². The molecule has 0 spiro atoms. The van der Waals surface area contributed by atoms with Gasteiger partial charge in [-0.3, -0.25) is 0 Å². The molecule has 0 aromatic carbocycles.